The number of fused-ring (bicyclic) bond motifs is 7. The Morgan fingerprint density at radius 1 is 0.511 bits per heavy atom. The smallest absolute Gasteiger partial charge is 0.160 e. The van der Waals surface area contributed by atoms with Crippen LogP contribution in [-0.4, -0.2) is 14.5 Å². The van der Waals surface area contributed by atoms with Crippen LogP contribution in [-0.2, 0) is 0 Å². The first-order valence-corrected chi connectivity index (χ1v) is 14.9. The van der Waals surface area contributed by atoms with Crippen LogP contribution in [0, 0.1) is 0 Å². The van der Waals surface area contributed by atoms with E-state index in [-0.39, 0.29) is 0 Å². The van der Waals surface area contributed by atoms with Crippen LogP contribution in [0.5, 0.6) is 11.5 Å². The van der Waals surface area contributed by atoms with Crippen LogP contribution >= 0.6 is 0 Å². The zero-order valence-corrected chi connectivity index (χ0v) is 24.1. The van der Waals surface area contributed by atoms with Crippen molar-refractivity contribution in [1.29, 1.82) is 0 Å². The lowest BCUT2D eigenvalue weighted by molar-refractivity contribution is 0.483. The topological polar surface area (TPSA) is 53.1 Å². The number of para-hydroxylation sites is 2. The first-order chi connectivity index (χ1) is 22.3. The number of nitrogens with zero attached hydrogens (tertiary/aromatic N) is 3. The van der Waals surface area contributed by atoms with Gasteiger partial charge in [0.25, 0.3) is 0 Å². The maximum Gasteiger partial charge on any atom is 0.160 e. The van der Waals surface area contributed by atoms with Crippen molar-refractivity contribution in [3.63, 3.8) is 0 Å². The van der Waals surface area contributed by atoms with Crippen LogP contribution in [0.1, 0.15) is 0 Å². The van der Waals surface area contributed by atoms with Gasteiger partial charge in [0, 0.05) is 50.8 Å². The molecule has 0 radical (unpaired) electrons. The Balaban J connectivity index is 1.30. The molecular formula is C40H25N3O2. The Kier molecular flexibility index (Phi) is 5.74. The second-order valence-electron chi connectivity index (χ2n) is 11.0. The van der Waals surface area contributed by atoms with Gasteiger partial charge in [-0.1, -0.05) is 66.7 Å². The number of hydrogen-bond acceptors (Lipinski definition) is 4. The lowest BCUT2D eigenvalue weighted by atomic mass is 10.0. The Hall–Kier alpha value is -6.20. The summed E-state index contributed by atoms with van der Waals surface area (Å²) in [4.78, 5) is 9.21. The molecule has 0 saturated heterocycles. The van der Waals surface area contributed by atoms with Gasteiger partial charge in [-0.15, -0.1) is 0 Å². The predicted octanol–water partition coefficient (Wildman–Crippen LogP) is 10.6. The fourth-order valence-corrected chi connectivity index (χ4v) is 6.36. The van der Waals surface area contributed by atoms with Crippen LogP contribution in [0.3, 0.4) is 0 Å². The summed E-state index contributed by atoms with van der Waals surface area (Å²) in [7, 11) is 0. The molecule has 0 aliphatic heterocycles. The second kappa shape index (κ2) is 10.2. The summed E-state index contributed by atoms with van der Waals surface area (Å²) in [5, 5.41) is 4.31. The highest BCUT2D eigenvalue weighted by Gasteiger charge is 2.21. The maximum atomic E-state index is 6.90. The zero-order valence-electron chi connectivity index (χ0n) is 24.1. The minimum Gasteiger partial charge on any atom is -0.457 e. The zero-order chi connectivity index (χ0) is 29.7. The van der Waals surface area contributed by atoms with Gasteiger partial charge in [-0.05, 0) is 72.8 Å². The van der Waals surface area contributed by atoms with Crippen molar-refractivity contribution in [2.24, 2.45) is 0 Å². The number of aromatic nitrogens is 3. The normalized spacial score (nSPS) is 11.6. The molecule has 0 atom stereocenters. The molecule has 5 aromatic carbocycles. The Morgan fingerprint density at radius 2 is 1.27 bits per heavy atom. The quantitative estimate of drug-likeness (QED) is 0.204. The highest BCUT2D eigenvalue weighted by atomic mass is 16.5. The number of benzene rings is 5. The van der Waals surface area contributed by atoms with E-state index in [1.165, 1.54) is 5.39 Å². The molecule has 212 valence electrons. The van der Waals surface area contributed by atoms with E-state index >= 15 is 0 Å². The predicted molar refractivity (Wildman–Crippen MR) is 181 cm³/mol. The minimum absolute atomic E-state index is 0.702. The molecule has 0 bridgehead atoms. The van der Waals surface area contributed by atoms with Crippen LogP contribution in [0.2, 0.25) is 0 Å². The molecule has 0 N–H and O–H groups in total. The Morgan fingerprint density at radius 3 is 2.09 bits per heavy atom. The lowest BCUT2D eigenvalue weighted by Gasteiger charge is -2.10. The molecule has 0 fully saturated rings. The average Bonchev–Trinajstić information content (AvgIpc) is 3.65. The van der Waals surface area contributed by atoms with Crippen molar-refractivity contribution < 1.29 is 9.15 Å². The molecule has 0 aliphatic rings. The molecule has 9 aromatic rings. The highest BCUT2D eigenvalue weighted by Crippen LogP contribution is 2.44. The molecule has 5 nitrogen and oxygen atoms in total. The van der Waals surface area contributed by atoms with Gasteiger partial charge in [0.1, 0.15) is 17.1 Å². The van der Waals surface area contributed by atoms with E-state index in [1.807, 2.05) is 72.8 Å². The first-order valence-electron chi connectivity index (χ1n) is 14.9. The molecule has 5 heteroatoms. The van der Waals surface area contributed by atoms with E-state index in [9.17, 15) is 0 Å². The molecule has 0 spiro atoms. The fraction of sp³-hybridized carbons (Fsp3) is 0. The van der Waals surface area contributed by atoms with Gasteiger partial charge in [0.05, 0.1) is 22.4 Å². The molecule has 0 unspecified atom stereocenters. The molecule has 4 aromatic heterocycles. The minimum atomic E-state index is 0.702. The average molecular weight is 580 g/mol. The Bertz CT molecular complexity index is 2500. The molecule has 45 heavy (non-hydrogen) atoms. The fourth-order valence-electron chi connectivity index (χ4n) is 6.36. The summed E-state index contributed by atoms with van der Waals surface area (Å²) in [6.07, 6.45) is 3.60. The van der Waals surface area contributed by atoms with E-state index in [1.54, 1.807) is 12.4 Å². The van der Waals surface area contributed by atoms with Gasteiger partial charge in [-0.3, -0.25) is 9.97 Å². The summed E-state index contributed by atoms with van der Waals surface area (Å²) >= 11 is 0. The van der Waals surface area contributed by atoms with Crippen LogP contribution in [0.25, 0.3) is 71.9 Å². The molecule has 0 amide bonds. The monoisotopic (exact) mass is 579 g/mol. The van der Waals surface area contributed by atoms with E-state index in [2.05, 4.69) is 76.3 Å². The third kappa shape index (κ3) is 4.17. The third-order valence-electron chi connectivity index (χ3n) is 8.33. The van der Waals surface area contributed by atoms with Gasteiger partial charge in [0.2, 0.25) is 0 Å². The summed E-state index contributed by atoms with van der Waals surface area (Å²) in [5.41, 5.74) is 8.42. The van der Waals surface area contributed by atoms with Gasteiger partial charge in [0.15, 0.2) is 5.58 Å². The molecule has 0 saturated carbocycles. The van der Waals surface area contributed by atoms with E-state index in [0.717, 1.165) is 72.3 Å². The summed E-state index contributed by atoms with van der Waals surface area (Å²) in [5.74, 6) is 1.43. The number of hydrogen-bond donors (Lipinski definition) is 0. The van der Waals surface area contributed by atoms with Gasteiger partial charge >= 0.3 is 0 Å². The van der Waals surface area contributed by atoms with Gasteiger partial charge < -0.3 is 13.7 Å². The van der Waals surface area contributed by atoms with Crippen molar-refractivity contribution in [3.8, 4) is 39.7 Å². The first kappa shape index (κ1) is 25.3. The van der Waals surface area contributed by atoms with Crippen LogP contribution in [0.15, 0.2) is 156 Å². The SMILES string of the molecule is c1ccc(-n2c3ccccc3c3ccc4c5cc(Oc6cccc(-c7ccccn7)c6)cc(-c6ccccn6)c5oc4c32)cc1. The molecule has 0 aliphatic carbocycles. The summed E-state index contributed by atoms with van der Waals surface area (Å²) < 4.78 is 15.8. The largest absolute Gasteiger partial charge is 0.457 e. The van der Waals surface area contributed by atoms with Crippen molar-refractivity contribution in [2.75, 3.05) is 0 Å². The van der Waals surface area contributed by atoms with Crippen molar-refractivity contribution in [2.45, 2.75) is 0 Å². The van der Waals surface area contributed by atoms with E-state index in [0.29, 0.717) is 5.75 Å². The van der Waals surface area contributed by atoms with Crippen molar-refractivity contribution in [1.82, 2.24) is 14.5 Å². The van der Waals surface area contributed by atoms with Gasteiger partial charge in [-0.25, -0.2) is 0 Å². The van der Waals surface area contributed by atoms with Crippen molar-refractivity contribution in [3.05, 3.63) is 152 Å². The number of ether oxygens (including phenoxy) is 1. The molecule has 9 rings (SSSR count). The van der Waals surface area contributed by atoms with Gasteiger partial charge in [-0.2, -0.15) is 0 Å². The molecule has 4 heterocycles. The number of pyridine rings is 2. The van der Waals surface area contributed by atoms with E-state index in [4.69, 9.17) is 14.1 Å². The molecular weight excluding hydrogens is 554 g/mol. The Labute approximate surface area is 258 Å². The summed E-state index contributed by atoms with van der Waals surface area (Å²) in [6.45, 7) is 0. The summed E-state index contributed by atoms with van der Waals surface area (Å²) in [6, 6.07) is 47.3. The number of rotatable bonds is 5. The second-order valence-corrected chi connectivity index (χ2v) is 11.0. The van der Waals surface area contributed by atoms with Crippen molar-refractivity contribution >= 4 is 43.7 Å². The highest BCUT2D eigenvalue weighted by molar-refractivity contribution is 6.22. The third-order valence-corrected chi connectivity index (χ3v) is 8.33. The standard InChI is InChI=1S/C40H25N3O2/c1-2-12-27(13-3-1)43-37-18-5-4-15-30(37)31-19-20-32-33-24-29(44-28-14-10-11-26(23-28)35-16-6-8-21-41-35)25-34(36-17-7-9-22-42-36)39(33)45-40(32)38(31)43/h1-25H. The van der Waals surface area contributed by atoms with Crippen LogP contribution < -0.4 is 4.74 Å². The van der Waals surface area contributed by atoms with E-state index < -0.39 is 0 Å². The maximum absolute atomic E-state index is 6.90. The van der Waals surface area contributed by atoms with Crippen LogP contribution in [0.4, 0.5) is 0 Å². The number of furan rings is 1. The lowest BCUT2D eigenvalue weighted by Crippen LogP contribution is -1.93.